The quantitative estimate of drug-likeness (QED) is 0.697. The molecule has 1 aliphatic carbocycles. The molecular formula is C16H22N2O5. The Morgan fingerprint density at radius 1 is 1.00 bits per heavy atom. The van der Waals surface area contributed by atoms with Gasteiger partial charge in [-0.05, 0) is 25.0 Å². The first-order chi connectivity index (χ1) is 11.1. The standard InChI is InChI=1S/C16H22N2O5/c1-21-12-8-11(9-13(22-2)14(12)23-3)16(20)18-7-6-17-15(19)10-4-5-10/h8-10H,4-7H2,1-3H3,(H,17,19)(H,18,20). The first-order valence-electron chi connectivity index (χ1n) is 7.46. The van der Waals surface area contributed by atoms with Crippen LogP contribution in [0.1, 0.15) is 23.2 Å². The first kappa shape index (κ1) is 16.9. The molecule has 0 atom stereocenters. The number of nitrogens with one attached hydrogen (secondary N) is 2. The molecule has 1 fully saturated rings. The van der Waals surface area contributed by atoms with E-state index < -0.39 is 0 Å². The van der Waals surface area contributed by atoms with Crippen molar-refractivity contribution in [2.75, 3.05) is 34.4 Å². The van der Waals surface area contributed by atoms with E-state index in [0.717, 1.165) is 12.8 Å². The minimum Gasteiger partial charge on any atom is -0.493 e. The number of benzene rings is 1. The van der Waals surface area contributed by atoms with Crippen molar-refractivity contribution in [2.45, 2.75) is 12.8 Å². The molecule has 126 valence electrons. The maximum Gasteiger partial charge on any atom is 0.251 e. The van der Waals surface area contributed by atoms with Gasteiger partial charge in [-0.3, -0.25) is 9.59 Å². The van der Waals surface area contributed by atoms with E-state index in [4.69, 9.17) is 14.2 Å². The van der Waals surface area contributed by atoms with Gasteiger partial charge in [-0.25, -0.2) is 0 Å². The molecule has 1 aliphatic rings. The number of carbonyl (C=O) groups is 2. The smallest absolute Gasteiger partial charge is 0.251 e. The lowest BCUT2D eigenvalue weighted by Crippen LogP contribution is -2.35. The number of amides is 2. The fraction of sp³-hybridized carbons (Fsp3) is 0.500. The Labute approximate surface area is 135 Å². The summed E-state index contributed by atoms with van der Waals surface area (Å²) in [5.41, 5.74) is 0.396. The second kappa shape index (κ2) is 7.71. The summed E-state index contributed by atoms with van der Waals surface area (Å²) in [5, 5.41) is 5.54. The fourth-order valence-corrected chi connectivity index (χ4v) is 2.17. The van der Waals surface area contributed by atoms with Crippen molar-refractivity contribution < 1.29 is 23.8 Å². The number of hydrogen-bond acceptors (Lipinski definition) is 5. The van der Waals surface area contributed by atoms with Crippen LogP contribution in [0.2, 0.25) is 0 Å². The predicted molar refractivity (Wildman–Crippen MR) is 84.2 cm³/mol. The summed E-state index contributed by atoms with van der Waals surface area (Å²) in [7, 11) is 4.49. The van der Waals surface area contributed by atoms with Crippen LogP contribution in [0.25, 0.3) is 0 Å². The SMILES string of the molecule is COc1cc(C(=O)NCCNC(=O)C2CC2)cc(OC)c1OC. The Morgan fingerprint density at radius 3 is 2.04 bits per heavy atom. The highest BCUT2D eigenvalue weighted by molar-refractivity contribution is 5.95. The summed E-state index contributed by atoms with van der Waals surface area (Å²) in [4.78, 5) is 23.7. The van der Waals surface area contributed by atoms with E-state index in [1.54, 1.807) is 12.1 Å². The zero-order valence-electron chi connectivity index (χ0n) is 13.6. The van der Waals surface area contributed by atoms with Gasteiger partial charge >= 0.3 is 0 Å². The third kappa shape index (κ3) is 4.28. The lowest BCUT2D eigenvalue weighted by Gasteiger charge is -2.14. The lowest BCUT2D eigenvalue weighted by atomic mass is 10.1. The zero-order chi connectivity index (χ0) is 16.8. The second-order valence-corrected chi connectivity index (χ2v) is 5.24. The number of rotatable bonds is 8. The average molecular weight is 322 g/mol. The van der Waals surface area contributed by atoms with E-state index in [-0.39, 0.29) is 17.7 Å². The van der Waals surface area contributed by atoms with Gasteiger partial charge in [0.2, 0.25) is 11.7 Å². The highest BCUT2D eigenvalue weighted by Gasteiger charge is 2.29. The maximum absolute atomic E-state index is 12.2. The minimum absolute atomic E-state index is 0.0621. The molecule has 0 unspecified atom stereocenters. The maximum atomic E-state index is 12.2. The molecule has 0 bridgehead atoms. The van der Waals surface area contributed by atoms with E-state index in [1.165, 1.54) is 21.3 Å². The summed E-state index contributed by atoms with van der Waals surface area (Å²) < 4.78 is 15.7. The zero-order valence-corrected chi connectivity index (χ0v) is 13.6. The van der Waals surface area contributed by atoms with Gasteiger partial charge in [-0.2, -0.15) is 0 Å². The topological polar surface area (TPSA) is 85.9 Å². The predicted octanol–water partition coefficient (Wildman–Crippen LogP) is 0.968. The van der Waals surface area contributed by atoms with Crippen molar-refractivity contribution in [1.29, 1.82) is 0 Å². The van der Waals surface area contributed by atoms with Gasteiger partial charge in [0.15, 0.2) is 11.5 Å². The highest BCUT2D eigenvalue weighted by Crippen LogP contribution is 2.38. The molecule has 0 radical (unpaired) electrons. The van der Waals surface area contributed by atoms with Crippen LogP contribution in [-0.4, -0.2) is 46.2 Å². The molecule has 0 saturated heterocycles. The molecule has 7 nitrogen and oxygen atoms in total. The normalized spacial score (nSPS) is 13.2. The van der Waals surface area contributed by atoms with Crippen LogP contribution in [0.5, 0.6) is 17.2 Å². The molecule has 0 heterocycles. The molecule has 1 saturated carbocycles. The summed E-state index contributed by atoms with van der Waals surface area (Å²) in [6, 6.07) is 3.17. The van der Waals surface area contributed by atoms with Gasteiger partial charge in [0, 0.05) is 24.6 Å². The van der Waals surface area contributed by atoms with Crippen molar-refractivity contribution in [3.63, 3.8) is 0 Å². The van der Waals surface area contributed by atoms with Crippen LogP contribution in [-0.2, 0) is 4.79 Å². The summed E-state index contributed by atoms with van der Waals surface area (Å²) in [6.45, 7) is 0.763. The molecule has 0 aliphatic heterocycles. The Kier molecular flexibility index (Phi) is 5.67. The highest BCUT2D eigenvalue weighted by atomic mass is 16.5. The first-order valence-corrected chi connectivity index (χ1v) is 7.46. The molecule has 0 aromatic heterocycles. The van der Waals surface area contributed by atoms with Crippen LogP contribution >= 0.6 is 0 Å². The van der Waals surface area contributed by atoms with Gasteiger partial charge in [0.25, 0.3) is 5.91 Å². The largest absolute Gasteiger partial charge is 0.493 e. The summed E-state index contributed by atoms with van der Waals surface area (Å²) in [6.07, 6.45) is 1.92. The van der Waals surface area contributed by atoms with E-state index in [0.29, 0.717) is 35.9 Å². The van der Waals surface area contributed by atoms with Crippen molar-refractivity contribution in [2.24, 2.45) is 5.92 Å². The van der Waals surface area contributed by atoms with E-state index >= 15 is 0 Å². The number of hydrogen-bond donors (Lipinski definition) is 2. The van der Waals surface area contributed by atoms with E-state index in [2.05, 4.69) is 10.6 Å². The van der Waals surface area contributed by atoms with Crippen LogP contribution in [0.4, 0.5) is 0 Å². The third-order valence-electron chi connectivity index (χ3n) is 3.58. The number of methoxy groups -OCH3 is 3. The van der Waals surface area contributed by atoms with Gasteiger partial charge in [-0.1, -0.05) is 0 Å². The third-order valence-corrected chi connectivity index (χ3v) is 3.58. The Bertz CT molecular complexity index is 559. The van der Waals surface area contributed by atoms with Crippen LogP contribution in [0.3, 0.4) is 0 Å². The van der Waals surface area contributed by atoms with Crippen LogP contribution in [0, 0.1) is 5.92 Å². The number of carbonyl (C=O) groups excluding carboxylic acids is 2. The molecule has 23 heavy (non-hydrogen) atoms. The summed E-state index contributed by atoms with van der Waals surface area (Å²) in [5.74, 6) is 1.22. The molecular weight excluding hydrogens is 300 g/mol. The molecule has 2 rings (SSSR count). The number of ether oxygens (including phenoxy) is 3. The average Bonchev–Trinajstić information content (AvgIpc) is 3.41. The van der Waals surface area contributed by atoms with Crippen LogP contribution in [0.15, 0.2) is 12.1 Å². The molecule has 2 N–H and O–H groups in total. The molecule has 1 aromatic carbocycles. The monoisotopic (exact) mass is 322 g/mol. The molecule has 7 heteroatoms. The van der Waals surface area contributed by atoms with Crippen LogP contribution < -0.4 is 24.8 Å². The Balaban J connectivity index is 1.94. The van der Waals surface area contributed by atoms with E-state index in [1.807, 2.05) is 0 Å². The Morgan fingerprint density at radius 2 is 1.57 bits per heavy atom. The van der Waals surface area contributed by atoms with Crippen molar-refractivity contribution in [3.8, 4) is 17.2 Å². The fourth-order valence-electron chi connectivity index (χ4n) is 2.17. The molecule has 1 aromatic rings. The van der Waals surface area contributed by atoms with Gasteiger partial charge < -0.3 is 24.8 Å². The summed E-state index contributed by atoms with van der Waals surface area (Å²) >= 11 is 0. The van der Waals surface area contributed by atoms with E-state index in [9.17, 15) is 9.59 Å². The minimum atomic E-state index is -0.273. The molecule has 2 amide bonds. The van der Waals surface area contributed by atoms with Crippen molar-refractivity contribution in [3.05, 3.63) is 17.7 Å². The van der Waals surface area contributed by atoms with Gasteiger partial charge in [-0.15, -0.1) is 0 Å². The Hall–Kier alpha value is -2.44. The lowest BCUT2D eigenvalue weighted by molar-refractivity contribution is -0.122. The molecule has 0 spiro atoms. The van der Waals surface area contributed by atoms with Crippen molar-refractivity contribution >= 4 is 11.8 Å². The van der Waals surface area contributed by atoms with Gasteiger partial charge in [0.05, 0.1) is 21.3 Å². The van der Waals surface area contributed by atoms with Crippen molar-refractivity contribution in [1.82, 2.24) is 10.6 Å². The van der Waals surface area contributed by atoms with Gasteiger partial charge in [0.1, 0.15) is 0 Å². The second-order valence-electron chi connectivity index (χ2n) is 5.24.